The van der Waals surface area contributed by atoms with Crippen molar-refractivity contribution in [3.8, 4) is 112 Å². The molecular weight excluding hydrogens is 1290 g/mol. The van der Waals surface area contributed by atoms with Crippen molar-refractivity contribution in [2.24, 2.45) is 0 Å². The molecule has 2 aromatic heterocycles. The first-order chi connectivity index (χ1) is 46.7. The molecule has 0 aliphatic heterocycles. The molecule has 9 heteroatoms. The van der Waals surface area contributed by atoms with Gasteiger partial charge >= 0.3 is 7.12 Å². The molecule has 0 amide bonds. The van der Waals surface area contributed by atoms with Crippen LogP contribution in [-0.2, 0) is 0 Å². The Morgan fingerprint density at radius 2 is 0.516 bits per heavy atom. The molecule has 95 heavy (non-hydrogen) atoms. The monoisotopic (exact) mass is 1350 g/mol. The number of nitrogens with zero attached hydrogens (tertiary/aromatic N) is 4. The highest BCUT2D eigenvalue weighted by molar-refractivity contribution is 9.10. The molecular formula is C86H59BBr2N4O2. The van der Waals surface area contributed by atoms with Crippen molar-refractivity contribution < 1.29 is 10.0 Å². The number of rotatable bonds is 11. The van der Waals surface area contributed by atoms with Crippen molar-refractivity contribution in [1.82, 2.24) is 19.9 Å². The van der Waals surface area contributed by atoms with Crippen LogP contribution in [0.2, 0.25) is 0 Å². The zero-order valence-corrected chi connectivity index (χ0v) is 54.6. The summed E-state index contributed by atoms with van der Waals surface area (Å²) in [5.74, 6) is 1.40. The van der Waals surface area contributed by atoms with Crippen LogP contribution in [0.25, 0.3) is 145 Å². The highest BCUT2D eigenvalue weighted by Crippen LogP contribution is 2.37. The fraction of sp³-hybridized carbons (Fsp3) is 0. The Hall–Kier alpha value is -11.0. The molecule has 0 saturated carbocycles. The molecule has 0 unspecified atom stereocenters. The largest absolute Gasteiger partial charge is 0.489 e. The standard InChI is InChI=1S/C48H32N2.C28H18Br2N2.C10H9BO2/c1-2-12-33(13-3-1)34-26-28-37(29-27-34)46-32-47(40-20-8-18-38(30-40)44-24-10-16-35-14-4-6-22-42(35)44)50-48(49-46)41-21-9-19-39(31-41)45-25-11-17-36-15-5-7-23-43(36)45;29-24-10-4-8-22(16-24)27-18-26(31-28(32-27)23-9-5-11-25(30)17-23)21-14-12-20(13-15-21)19-6-2-1-3-7-19;12-11(13)10-7-3-5-8-4-1-2-6-9(8)10/h1-32H;1-18H;1-7,12-13H. The molecule has 0 bridgehead atoms. The van der Waals surface area contributed by atoms with Crippen molar-refractivity contribution in [2.75, 3.05) is 0 Å². The minimum absolute atomic E-state index is 0.554. The van der Waals surface area contributed by atoms with E-state index in [2.05, 4.69) is 287 Å². The van der Waals surface area contributed by atoms with E-state index in [1.165, 1.54) is 54.9 Å². The lowest BCUT2D eigenvalue weighted by Gasteiger charge is -2.13. The molecule has 6 nitrogen and oxygen atoms in total. The number of hydrogen-bond acceptors (Lipinski definition) is 6. The van der Waals surface area contributed by atoms with Crippen molar-refractivity contribution >= 4 is 76.8 Å². The maximum Gasteiger partial charge on any atom is 0.489 e. The summed E-state index contributed by atoms with van der Waals surface area (Å²) in [6.45, 7) is 0. The van der Waals surface area contributed by atoms with E-state index in [4.69, 9.17) is 30.0 Å². The molecule has 0 radical (unpaired) electrons. The predicted octanol–water partition coefficient (Wildman–Crippen LogP) is 22.0. The van der Waals surface area contributed by atoms with E-state index in [-0.39, 0.29) is 0 Å². The Morgan fingerprint density at radius 3 is 0.979 bits per heavy atom. The van der Waals surface area contributed by atoms with Gasteiger partial charge in [0.05, 0.1) is 22.8 Å². The molecule has 0 aliphatic carbocycles. The highest BCUT2D eigenvalue weighted by atomic mass is 79.9. The fourth-order valence-electron chi connectivity index (χ4n) is 12.0. The SMILES string of the molecule is Brc1cccc(-c2cc(-c3ccc(-c4ccccc4)cc3)nc(-c3cccc(Br)c3)n2)c1.OB(O)c1cccc2ccccc12.c1ccc(-c2ccc(-c3cc(-c4cccc(-c5cccc6ccccc56)c4)nc(-c4cccc(-c5cccc6ccccc56)c4)n3)cc2)cc1. The number of aromatic nitrogens is 4. The number of fused-ring (bicyclic) bond motifs is 3. The lowest BCUT2D eigenvalue weighted by Crippen LogP contribution is -2.30. The average molecular weight is 1350 g/mol. The summed E-state index contributed by atoms with van der Waals surface area (Å²) >= 11 is 7.14. The van der Waals surface area contributed by atoms with Crippen LogP contribution in [0.15, 0.2) is 355 Å². The van der Waals surface area contributed by atoms with E-state index in [1.54, 1.807) is 6.07 Å². The summed E-state index contributed by atoms with van der Waals surface area (Å²) < 4.78 is 2.02. The van der Waals surface area contributed by atoms with Crippen molar-refractivity contribution in [3.63, 3.8) is 0 Å². The van der Waals surface area contributed by atoms with Crippen LogP contribution in [0.4, 0.5) is 0 Å². The molecule has 452 valence electrons. The summed E-state index contributed by atoms with van der Waals surface area (Å²) in [7, 11) is -1.40. The van der Waals surface area contributed by atoms with E-state index in [0.29, 0.717) is 17.1 Å². The highest BCUT2D eigenvalue weighted by Gasteiger charge is 2.17. The molecule has 14 aromatic carbocycles. The van der Waals surface area contributed by atoms with E-state index in [1.807, 2.05) is 84.9 Å². The van der Waals surface area contributed by atoms with Gasteiger partial charge in [0, 0.05) is 42.3 Å². The normalized spacial score (nSPS) is 10.9. The summed E-state index contributed by atoms with van der Waals surface area (Å²) in [5.41, 5.74) is 19.7. The van der Waals surface area contributed by atoms with Gasteiger partial charge in [-0.05, 0) is 131 Å². The summed E-state index contributed by atoms with van der Waals surface area (Å²) in [6, 6.07) is 119. The molecule has 16 rings (SSSR count). The third kappa shape index (κ3) is 14.2. The molecule has 2 heterocycles. The maximum absolute atomic E-state index is 9.08. The molecule has 16 aromatic rings. The van der Waals surface area contributed by atoms with Gasteiger partial charge < -0.3 is 10.0 Å². The summed E-state index contributed by atoms with van der Waals surface area (Å²) in [6.07, 6.45) is 0. The van der Waals surface area contributed by atoms with Crippen LogP contribution in [-0.4, -0.2) is 37.1 Å². The molecule has 0 aliphatic rings. The first-order valence-corrected chi connectivity index (χ1v) is 32.9. The predicted molar refractivity (Wildman–Crippen MR) is 403 cm³/mol. The van der Waals surface area contributed by atoms with Gasteiger partial charge in [0.2, 0.25) is 0 Å². The van der Waals surface area contributed by atoms with Crippen LogP contribution in [0.1, 0.15) is 0 Å². The van der Waals surface area contributed by atoms with Crippen molar-refractivity contribution in [3.05, 3.63) is 355 Å². The summed E-state index contributed by atoms with van der Waals surface area (Å²) in [5, 5.41) is 25.0. The zero-order chi connectivity index (χ0) is 64.5. The second-order valence-corrected chi connectivity index (χ2v) is 24.8. The molecule has 0 saturated heterocycles. The van der Waals surface area contributed by atoms with Crippen LogP contribution in [0.5, 0.6) is 0 Å². The number of hydrogen-bond donors (Lipinski definition) is 2. The minimum Gasteiger partial charge on any atom is -0.423 e. The van der Waals surface area contributed by atoms with Crippen LogP contribution in [0, 0.1) is 0 Å². The van der Waals surface area contributed by atoms with Gasteiger partial charge in [0.25, 0.3) is 0 Å². The average Bonchev–Trinajstić information content (AvgIpc) is 0.926. The first-order valence-electron chi connectivity index (χ1n) is 31.3. The lowest BCUT2D eigenvalue weighted by atomic mass is 9.77. The van der Waals surface area contributed by atoms with E-state index in [0.717, 1.165) is 87.0 Å². The van der Waals surface area contributed by atoms with Crippen LogP contribution in [0.3, 0.4) is 0 Å². The second-order valence-electron chi connectivity index (χ2n) is 23.0. The summed E-state index contributed by atoms with van der Waals surface area (Å²) in [4.78, 5) is 20.3. The fourth-order valence-corrected chi connectivity index (χ4v) is 12.8. The topological polar surface area (TPSA) is 92.0 Å². The Labute approximate surface area is 569 Å². The van der Waals surface area contributed by atoms with Gasteiger partial charge in [0.15, 0.2) is 11.6 Å². The van der Waals surface area contributed by atoms with Gasteiger partial charge in [-0.2, -0.15) is 0 Å². The Morgan fingerprint density at radius 1 is 0.221 bits per heavy atom. The van der Waals surface area contributed by atoms with Crippen LogP contribution >= 0.6 is 31.9 Å². The van der Waals surface area contributed by atoms with E-state index in [9.17, 15) is 0 Å². The van der Waals surface area contributed by atoms with Gasteiger partial charge in [0.1, 0.15) is 0 Å². The third-order valence-electron chi connectivity index (χ3n) is 16.8. The second kappa shape index (κ2) is 28.5. The van der Waals surface area contributed by atoms with E-state index >= 15 is 0 Å². The number of halogens is 2. The van der Waals surface area contributed by atoms with Gasteiger partial charge in [-0.1, -0.05) is 329 Å². The Balaban J connectivity index is 0.000000146. The smallest absolute Gasteiger partial charge is 0.423 e. The van der Waals surface area contributed by atoms with Crippen molar-refractivity contribution in [1.29, 1.82) is 0 Å². The van der Waals surface area contributed by atoms with Gasteiger partial charge in [-0.15, -0.1) is 0 Å². The molecule has 2 N–H and O–H groups in total. The van der Waals surface area contributed by atoms with Gasteiger partial charge in [-0.3, -0.25) is 0 Å². The quantitative estimate of drug-likeness (QED) is 0.125. The molecule has 0 spiro atoms. The number of benzene rings is 14. The third-order valence-corrected chi connectivity index (χ3v) is 17.8. The lowest BCUT2D eigenvalue weighted by molar-refractivity contribution is 0.426. The zero-order valence-electron chi connectivity index (χ0n) is 51.4. The van der Waals surface area contributed by atoms with E-state index < -0.39 is 7.12 Å². The van der Waals surface area contributed by atoms with Crippen LogP contribution < -0.4 is 5.46 Å². The Kier molecular flexibility index (Phi) is 18.4. The van der Waals surface area contributed by atoms with Crippen molar-refractivity contribution in [2.45, 2.75) is 0 Å². The first kappa shape index (κ1) is 61.5. The maximum atomic E-state index is 9.08. The molecule has 0 fully saturated rings. The molecule has 0 atom stereocenters. The Bertz CT molecular complexity index is 5160. The minimum atomic E-state index is -1.40. The van der Waals surface area contributed by atoms with Gasteiger partial charge in [-0.25, -0.2) is 19.9 Å².